The molecule has 0 aromatic heterocycles. The molecule has 10 rings (SSSR count). The highest BCUT2D eigenvalue weighted by atomic mass is 32.1. The molecule has 0 radical (unpaired) electrons. The van der Waals surface area contributed by atoms with Crippen molar-refractivity contribution in [1.82, 2.24) is 0 Å². The van der Waals surface area contributed by atoms with E-state index in [4.69, 9.17) is 0 Å². The van der Waals surface area contributed by atoms with E-state index in [9.17, 15) is 0 Å². The molecule has 23 atom stereocenters. The quantitative estimate of drug-likeness (QED) is 0.176. The first kappa shape index (κ1) is 28.4. The third kappa shape index (κ3) is 3.45. The van der Waals surface area contributed by atoms with E-state index < -0.39 is 0 Å². The second-order valence-electron chi connectivity index (χ2n) is 19.6. The van der Waals surface area contributed by atoms with Crippen molar-refractivity contribution in [1.29, 1.82) is 0 Å². The molecule has 240 valence electrons. The summed E-state index contributed by atoms with van der Waals surface area (Å²) >= 11 is 4.59. The van der Waals surface area contributed by atoms with Gasteiger partial charge in [-0.3, -0.25) is 0 Å². The lowest BCUT2D eigenvalue weighted by atomic mass is 9.25. The lowest BCUT2D eigenvalue weighted by Crippen LogP contribution is -2.74. The van der Waals surface area contributed by atoms with Crippen LogP contribution in [-0.2, 0) is 0 Å². The molecule has 0 N–H and O–H groups in total. The zero-order valence-corrected chi connectivity index (χ0v) is 29.2. The molecule has 0 bridgehead atoms. The predicted molar refractivity (Wildman–Crippen MR) is 181 cm³/mol. The van der Waals surface area contributed by atoms with Gasteiger partial charge in [-0.2, -0.15) is 12.6 Å². The van der Waals surface area contributed by atoms with Crippen molar-refractivity contribution in [3.63, 3.8) is 0 Å². The molecule has 10 aliphatic carbocycles. The highest BCUT2D eigenvalue weighted by molar-refractivity contribution is 7.80. The van der Waals surface area contributed by atoms with Gasteiger partial charge < -0.3 is 0 Å². The zero-order valence-electron chi connectivity index (χ0n) is 28.3. The van der Waals surface area contributed by atoms with E-state index in [0.717, 1.165) is 70.8 Å². The SMILES string of the molecule is CCC1C(C)[C@H](C2C3CCC3[C@H]2C2C3CCC3C2C2C3CCC3C2C2C(CCCCS)C(C)[C@@H]2CC)[C@@H]1C1CC2CCC21. The summed E-state index contributed by atoms with van der Waals surface area (Å²) in [6.45, 7) is 10.5. The Morgan fingerprint density at radius 1 is 0.442 bits per heavy atom. The van der Waals surface area contributed by atoms with E-state index in [0.29, 0.717) is 0 Å². The Bertz CT molecular complexity index is 1080. The van der Waals surface area contributed by atoms with Crippen molar-refractivity contribution in [3.05, 3.63) is 0 Å². The van der Waals surface area contributed by atoms with E-state index >= 15 is 0 Å². The van der Waals surface area contributed by atoms with Gasteiger partial charge >= 0.3 is 0 Å². The molecule has 10 saturated carbocycles. The first-order valence-corrected chi connectivity index (χ1v) is 21.3. The molecule has 0 aromatic rings. The van der Waals surface area contributed by atoms with Crippen molar-refractivity contribution in [3.8, 4) is 0 Å². The Morgan fingerprint density at radius 3 is 1.30 bits per heavy atom. The maximum Gasteiger partial charge on any atom is -0.00979 e. The maximum atomic E-state index is 4.59. The molecule has 10 aliphatic rings. The fourth-order valence-electron chi connectivity index (χ4n) is 17.6. The molecule has 1 heteroatoms. The van der Waals surface area contributed by atoms with Gasteiger partial charge in [0.25, 0.3) is 0 Å². The van der Waals surface area contributed by atoms with E-state index in [1.54, 1.807) is 57.8 Å². The molecule has 43 heavy (non-hydrogen) atoms. The lowest BCUT2D eigenvalue weighted by molar-refractivity contribution is -0.318. The Morgan fingerprint density at radius 2 is 0.907 bits per heavy atom. The van der Waals surface area contributed by atoms with Gasteiger partial charge in [0.05, 0.1) is 0 Å². The minimum Gasteiger partial charge on any atom is -0.179 e. The van der Waals surface area contributed by atoms with Crippen LogP contribution in [0.1, 0.15) is 118 Å². The van der Waals surface area contributed by atoms with E-state index in [1.807, 2.05) is 0 Å². The first-order chi connectivity index (χ1) is 21.1. The van der Waals surface area contributed by atoms with Crippen LogP contribution in [0.3, 0.4) is 0 Å². The van der Waals surface area contributed by atoms with Crippen LogP contribution in [0.4, 0.5) is 0 Å². The number of unbranched alkanes of at least 4 members (excludes halogenated alkanes) is 1. The third-order valence-corrected chi connectivity index (χ3v) is 20.1. The summed E-state index contributed by atoms with van der Waals surface area (Å²) in [7, 11) is 0. The Labute approximate surface area is 271 Å². The molecule has 0 amide bonds. The number of hydrogen-bond acceptors (Lipinski definition) is 1. The summed E-state index contributed by atoms with van der Waals surface area (Å²) in [6.07, 6.45) is 21.9. The third-order valence-electron chi connectivity index (χ3n) is 19.8. The molecule has 0 aromatic carbocycles. The lowest BCUT2D eigenvalue weighted by Gasteiger charge is -2.79. The highest BCUT2D eigenvalue weighted by Gasteiger charge is 2.75. The minimum atomic E-state index is 1.00. The summed E-state index contributed by atoms with van der Waals surface area (Å²) < 4.78 is 0. The largest absolute Gasteiger partial charge is 0.179 e. The van der Waals surface area contributed by atoms with E-state index in [2.05, 4.69) is 40.3 Å². The molecular weight excluding hydrogens is 537 g/mol. The van der Waals surface area contributed by atoms with Gasteiger partial charge in [-0.15, -0.1) is 0 Å². The second kappa shape index (κ2) is 10.2. The number of fused-ring (bicyclic) bond motifs is 4. The van der Waals surface area contributed by atoms with Gasteiger partial charge in [-0.1, -0.05) is 47.0 Å². The van der Waals surface area contributed by atoms with Gasteiger partial charge in [0.15, 0.2) is 0 Å². The average molecular weight is 603 g/mol. The van der Waals surface area contributed by atoms with Crippen molar-refractivity contribution >= 4 is 12.6 Å². The van der Waals surface area contributed by atoms with Crippen molar-refractivity contribution in [2.45, 2.75) is 118 Å². The smallest absolute Gasteiger partial charge is 0.00979 e. The number of thiol groups is 1. The van der Waals surface area contributed by atoms with Crippen LogP contribution in [0, 0.1) is 136 Å². The molecule has 0 aliphatic heterocycles. The van der Waals surface area contributed by atoms with Gasteiger partial charge in [-0.05, 0) is 212 Å². The molecule has 0 saturated heterocycles. The molecule has 0 spiro atoms. The predicted octanol–water partition coefficient (Wildman–Crippen LogP) is 10.8. The van der Waals surface area contributed by atoms with Crippen LogP contribution >= 0.6 is 12.6 Å². The summed E-state index contributed by atoms with van der Waals surface area (Å²) in [5, 5.41) is 0. The van der Waals surface area contributed by atoms with Gasteiger partial charge in [0.2, 0.25) is 0 Å². The zero-order chi connectivity index (χ0) is 28.9. The summed E-state index contributed by atoms with van der Waals surface area (Å²) in [6, 6.07) is 0. The topological polar surface area (TPSA) is 0 Å². The fourth-order valence-corrected chi connectivity index (χ4v) is 17.8. The van der Waals surface area contributed by atoms with Crippen LogP contribution in [0.5, 0.6) is 0 Å². The Kier molecular flexibility index (Phi) is 6.71. The van der Waals surface area contributed by atoms with Gasteiger partial charge in [0, 0.05) is 0 Å². The normalized spacial score (nSPS) is 64.8. The molecule has 10 fully saturated rings. The van der Waals surface area contributed by atoms with Gasteiger partial charge in [0.1, 0.15) is 0 Å². The maximum absolute atomic E-state index is 4.59. The summed E-state index contributed by atoms with van der Waals surface area (Å²) in [5.74, 6) is 27.4. The van der Waals surface area contributed by atoms with Crippen LogP contribution in [0.2, 0.25) is 0 Å². The average Bonchev–Trinajstić information content (AvgIpc) is 2.94. The standard InChI is InChI=1S/C42H66S/c1-5-23-20(3)25(9-7-8-18-43)35(23)38-28-13-15-30(28)40(38)42-32-17-16-31(32)41(42)39-29-14-12-27(29)37(39)34-21(4)24(6-2)36(34)33-19-22-10-11-26(22)33/h20-43H,5-19H2,1-4H3/t20?,21?,22?,23-,24?,25?,26?,27?,28?,29?,30?,31?,32?,33?,34-,35?,36-,37?,38?,39+,40?,41?,42?/m0/s1. The molecule has 0 heterocycles. The van der Waals surface area contributed by atoms with Crippen molar-refractivity contribution < 1.29 is 0 Å². The van der Waals surface area contributed by atoms with Crippen molar-refractivity contribution in [2.75, 3.05) is 5.75 Å². The minimum absolute atomic E-state index is 1.00. The number of rotatable bonds is 11. The summed E-state index contributed by atoms with van der Waals surface area (Å²) in [4.78, 5) is 0. The fraction of sp³-hybridized carbons (Fsp3) is 1.00. The monoisotopic (exact) mass is 602 g/mol. The van der Waals surface area contributed by atoms with Crippen LogP contribution < -0.4 is 0 Å². The van der Waals surface area contributed by atoms with E-state index in [-0.39, 0.29) is 0 Å². The second-order valence-corrected chi connectivity index (χ2v) is 20.0. The van der Waals surface area contributed by atoms with Crippen LogP contribution in [-0.4, -0.2) is 5.75 Å². The highest BCUT2D eigenvalue weighted by Crippen LogP contribution is 2.80. The van der Waals surface area contributed by atoms with E-state index in [1.165, 1.54) is 103 Å². The summed E-state index contributed by atoms with van der Waals surface area (Å²) in [5.41, 5.74) is 0. The Hall–Kier alpha value is 0.350. The molecule has 0 nitrogen and oxygen atoms in total. The first-order valence-electron chi connectivity index (χ1n) is 20.7. The number of hydrogen-bond donors (Lipinski definition) is 1. The van der Waals surface area contributed by atoms with Crippen molar-refractivity contribution in [2.24, 2.45) is 136 Å². The van der Waals surface area contributed by atoms with Gasteiger partial charge in [-0.25, -0.2) is 0 Å². The van der Waals surface area contributed by atoms with Crippen LogP contribution in [0.25, 0.3) is 0 Å². The Balaban J connectivity index is 0.923. The molecule has 19 unspecified atom stereocenters. The molecular formula is C42H66S. The van der Waals surface area contributed by atoms with Crippen LogP contribution in [0.15, 0.2) is 0 Å².